The van der Waals surface area contributed by atoms with E-state index in [1.807, 2.05) is 13.0 Å². The van der Waals surface area contributed by atoms with Gasteiger partial charge < -0.3 is 15.6 Å². The van der Waals surface area contributed by atoms with Crippen LogP contribution in [0.25, 0.3) is 10.9 Å². The molecule has 3 rings (SSSR count). The molecule has 6 heteroatoms. The van der Waals surface area contributed by atoms with Gasteiger partial charge in [-0.05, 0) is 25.8 Å². The van der Waals surface area contributed by atoms with E-state index in [4.69, 9.17) is 5.73 Å². The lowest BCUT2D eigenvalue weighted by atomic mass is 9.92. The summed E-state index contributed by atoms with van der Waals surface area (Å²) >= 11 is 0. The van der Waals surface area contributed by atoms with E-state index < -0.39 is 0 Å². The van der Waals surface area contributed by atoms with Gasteiger partial charge in [-0.3, -0.25) is 14.4 Å². The van der Waals surface area contributed by atoms with E-state index in [0.29, 0.717) is 29.4 Å². The van der Waals surface area contributed by atoms with E-state index >= 15 is 0 Å². The molecule has 120 valence electrons. The summed E-state index contributed by atoms with van der Waals surface area (Å²) in [6.07, 6.45) is 1.41. The van der Waals surface area contributed by atoms with Crippen molar-refractivity contribution in [3.8, 4) is 0 Å². The zero-order valence-corrected chi connectivity index (χ0v) is 12.9. The van der Waals surface area contributed by atoms with Gasteiger partial charge in [0.15, 0.2) is 0 Å². The maximum Gasteiger partial charge on any atom is 0.255 e. The van der Waals surface area contributed by atoms with E-state index in [-0.39, 0.29) is 29.3 Å². The smallest absolute Gasteiger partial charge is 0.255 e. The van der Waals surface area contributed by atoms with E-state index in [2.05, 4.69) is 4.98 Å². The van der Waals surface area contributed by atoms with Gasteiger partial charge in [-0.2, -0.15) is 0 Å². The highest BCUT2D eigenvalue weighted by Gasteiger charge is 2.32. The second-order valence-electron chi connectivity index (χ2n) is 6.08. The topological polar surface area (TPSA) is 96.3 Å². The highest BCUT2D eigenvalue weighted by molar-refractivity contribution is 6.06. The fraction of sp³-hybridized carbons (Fsp3) is 0.353. The zero-order chi connectivity index (χ0) is 16.6. The third kappa shape index (κ3) is 2.84. The molecular formula is C17H19N3O3. The van der Waals surface area contributed by atoms with E-state index in [0.717, 1.165) is 6.42 Å². The monoisotopic (exact) mass is 313 g/mol. The Morgan fingerprint density at radius 3 is 2.74 bits per heavy atom. The minimum Gasteiger partial charge on any atom is -0.369 e. The second-order valence-corrected chi connectivity index (χ2v) is 6.08. The van der Waals surface area contributed by atoms with Crippen molar-refractivity contribution in [2.45, 2.75) is 25.8 Å². The van der Waals surface area contributed by atoms with Gasteiger partial charge in [0.2, 0.25) is 11.5 Å². The second kappa shape index (κ2) is 5.87. The molecule has 0 aliphatic carbocycles. The molecule has 1 fully saturated rings. The van der Waals surface area contributed by atoms with Crippen molar-refractivity contribution in [2.24, 2.45) is 11.7 Å². The highest BCUT2D eigenvalue weighted by Crippen LogP contribution is 2.25. The summed E-state index contributed by atoms with van der Waals surface area (Å²) in [5.74, 6) is -0.945. The van der Waals surface area contributed by atoms with Crippen LogP contribution in [-0.4, -0.2) is 34.3 Å². The number of pyridine rings is 1. The number of nitrogens with one attached hydrogen (secondary N) is 1. The fourth-order valence-electron chi connectivity index (χ4n) is 3.16. The fourth-order valence-corrected chi connectivity index (χ4v) is 3.16. The molecule has 1 saturated heterocycles. The maximum absolute atomic E-state index is 13.0. The van der Waals surface area contributed by atoms with Crippen LogP contribution < -0.4 is 11.3 Å². The lowest BCUT2D eigenvalue weighted by Gasteiger charge is -2.37. The summed E-state index contributed by atoms with van der Waals surface area (Å²) in [6, 6.07) is 8.53. The number of nitrogens with two attached hydrogens (primary N) is 1. The van der Waals surface area contributed by atoms with Gasteiger partial charge in [0, 0.05) is 29.6 Å². The molecule has 2 aromatic rings. The largest absolute Gasteiger partial charge is 0.369 e. The number of primary amides is 1. The molecule has 0 bridgehead atoms. The number of amides is 2. The van der Waals surface area contributed by atoms with Crippen molar-refractivity contribution in [3.05, 3.63) is 46.2 Å². The van der Waals surface area contributed by atoms with Gasteiger partial charge >= 0.3 is 0 Å². The van der Waals surface area contributed by atoms with Crippen molar-refractivity contribution >= 4 is 22.7 Å². The molecule has 1 aromatic heterocycles. The van der Waals surface area contributed by atoms with Crippen molar-refractivity contribution < 1.29 is 9.59 Å². The third-order valence-electron chi connectivity index (χ3n) is 4.53. The Balaban J connectivity index is 2.02. The number of hydrogen-bond donors (Lipinski definition) is 2. The summed E-state index contributed by atoms with van der Waals surface area (Å²) in [5.41, 5.74) is 6.07. The summed E-state index contributed by atoms with van der Waals surface area (Å²) in [4.78, 5) is 40.7. The number of aromatic nitrogens is 1. The first-order chi connectivity index (χ1) is 11.0. The molecule has 2 atom stereocenters. The zero-order valence-electron chi connectivity index (χ0n) is 12.9. The molecule has 0 spiro atoms. The number of benzene rings is 1. The molecule has 2 unspecified atom stereocenters. The summed E-state index contributed by atoms with van der Waals surface area (Å²) < 4.78 is 0. The van der Waals surface area contributed by atoms with Crippen LogP contribution in [0.3, 0.4) is 0 Å². The Bertz CT molecular complexity index is 827. The Kier molecular flexibility index (Phi) is 3.90. The van der Waals surface area contributed by atoms with Crippen molar-refractivity contribution in [2.75, 3.05) is 6.54 Å². The minimum absolute atomic E-state index is 0.0103. The van der Waals surface area contributed by atoms with Crippen LogP contribution in [0.5, 0.6) is 0 Å². The molecule has 0 radical (unpaired) electrons. The van der Waals surface area contributed by atoms with Gasteiger partial charge in [0.05, 0.1) is 11.5 Å². The first kappa shape index (κ1) is 15.3. The molecule has 1 aliphatic heterocycles. The molecule has 6 nitrogen and oxygen atoms in total. The van der Waals surface area contributed by atoms with E-state index in [9.17, 15) is 14.4 Å². The number of H-pyrrole nitrogens is 1. The van der Waals surface area contributed by atoms with Gasteiger partial charge in [-0.25, -0.2) is 0 Å². The highest BCUT2D eigenvalue weighted by atomic mass is 16.2. The van der Waals surface area contributed by atoms with Gasteiger partial charge in [-0.15, -0.1) is 0 Å². The standard InChI is InChI=1S/C17H19N3O3/c1-10-6-7-11(16(18)22)9-20(10)17(23)13-8-15(21)19-14-5-3-2-4-12(13)14/h2-5,8,10-11H,6-7,9H2,1H3,(H2,18,22)(H,19,21). The minimum atomic E-state index is -0.384. The number of hydrogen-bond acceptors (Lipinski definition) is 3. The Labute approximate surface area is 133 Å². The van der Waals surface area contributed by atoms with Crippen molar-refractivity contribution in [1.29, 1.82) is 0 Å². The number of fused-ring (bicyclic) bond motifs is 1. The molecule has 3 N–H and O–H groups in total. The molecule has 1 aromatic carbocycles. The van der Waals surface area contributed by atoms with Crippen LogP contribution in [0.4, 0.5) is 0 Å². The number of aromatic amines is 1. The Morgan fingerprint density at radius 2 is 2.00 bits per heavy atom. The lowest BCUT2D eigenvalue weighted by molar-refractivity contribution is -0.123. The quantitative estimate of drug-likeness (QED) is 0.873. The average Bonchev–Trinajstić information content (AvgIpc) is 2.53. The predicted molar refractivity (Wildman–Crippen MR) is 87.0 cm³/mol. The van der Waals surface area contributed by atoms with Crippen LogP contribution >= 0.6 is 0 Å². The summed E-state index contributed by atoms with van der Waals surface area (Å²) in [5, 5.41) is 0.700. The molecule has 23 heavy (non-hydrogen) atoms. The predicted octanol–water partition coefficient (Wildman–Crippen LogP) is 1.25. The van der Waals surface area contributed by atoms with Crippen molar-refractivity contribution in [3.63, 3.8) is 0 Å². The summed E-state index contributed by atoms with van der Waals surface area (Å²) in [6.45, 7) is 2.25. The van der Waals surface area contributed by atoms with Crippen molar-refractivity contribution in [1.82, 2.24) is 9.88 Å². The van der Waals surface area contributed by atoms with E-state index in [1.165, 1.54) is 6.07 Å². The number of nitrogens with zero attached hydrogens (tertiary/aromatic N) is 1. The number of piperidine rings is 1. The number of para-hydroxylation sites is 1. The lowest BCUT2D eigenvalue weighted by Crippen LogP contribution is -2.48. The maximum atomic E-state index is 13.0. The molecular weight excluding hydrogens is 294 g/mol. The van der Waals surface area contributed by atoms with E-state index in [1.54, 1.807) is 23.1 Å². The third-order valence-corrected chi connectivity index (χ3v) is 4.53. The number of likely N-dealkylation sites (tertiary alicyclic amines) is 1. The normalized spacial score (nSPS) is 21.3. The molecule has 0 saturated carbocycles. The molecule has 2 amide bonds. The number of carbonyl (C=O) groups is 2. The van der Waals surface area contributed by atoms with Crippen LogP contribution in [0.15, 0.2) is 35.1 Å². The summed E-state index contributed by atoms with van der Waals surface area (Å²) in [7, 11) is 0. The van der Waals surface area contributed by atoms with Crippen LogP contribution in [-0.2, 0) is 4.79 Å². The van der Waals surface area contributed by atoms with Crippen LogP contribution in [0.1, 0.15) is 30.1 Å². The first-order valence-corrected chi connectivity index (χ1v) is 7.69. The SMILES string of the molecule is CC1CCC(C(N)=O)CN1C(=O)c1cc(=O)[nH]c2ccccc12. The van der Waals surface area contributed by atoms with Crippen LogP contribution in [0.2, 0.25) is 0 Å². The first-order valence-electron chi connectivity index (χ1n) is 7.69. The Morgan fingerprint density at radius 1 is 1.26 bits per heavy atom. The molecule has 2 heterocycles. The average molecular weight is 313 g/mol. The Hall–Kier alpha value is -2.63. The number of rotatable bonds is 2. The van der Waals surface area contributed by atoms with Gasteiger partial charge in [-0.1, -0.05) is 18.2 Å². The number of carbonyl (C=O) groups excluding carboxylic acids is 2. The van der Waals surface area contributed by atoms with Gasteiger partial charge in [0.1, 0.15) is 0 Å². The van der Waals surface area contributed by atoms with Crippen LogP contribution in [0, 0.1) is 5.92 Å². The molecule has 1 aliphatic rings. The van der Waals surface area contributed by atoms with Gasteiger partial charge in [0.25, 0.3) is 5.91 Å².